The van der Waals surface area contributed by atoms with E-state index in [9.17, 15) is 4.39 Å². The highest BCUT2D eigenvalue weighted by atomic mass is 35.5. The predicted octanol–water partition coefficient (Wildman–Crippen LogP) is 2.55. The van der Waals surface area contributed by atoms with Gasteiger partial charge in [-0.2, -0.15) is 0 Å². The first-order valence-corrected chi connectivity index (χ1v) is 4.71. The Morgan fingerprint density at radius 3 is 2.71 bits per heavy atom. The first kappa shape index (κ1) is 11.3. The topological polar surface area (TPSA) is 35.2 Å². The molecule has 0 saturated carbocycles. The molecule has 2 N–H and O–H groups in total. The second kappa shape index (κ2) is 4.62. The Morgan fingerprint density at radius 1 is 1.57 bits per heavy atom. The van der Waals surface area contributed by atoms with E-state index >= 15 is 0 Å². The molecule has 0 heterocycles. The summed E-state index contributed by atoms with van der Waals surface area (Å²) < 4.78 is 18.1. The van der Waals surface area contributed by atoms with Crippen molar-refractivity contribution in [2.24, 2.45) is 5.73 Å². The van der Waals surface area contributed by atoms with Crippen molar-refractivity contribution in [2.75, 3.05) is 13.7 Å². The number of hydrogen-bond donors (Lipinski definition) is 1. The van der Waals surface area contributed by atoms with Gasteiger partial charge in [0.15, 0.2) is 11.6 Å². The summed E-state index contributed by atoms with van der Waals surface area (Å²) in [7, 11) is 1.41. The molecule has 1 aromatic carbocycles. The van der Waals surface area contributed by atoms with Gasteiger partial charge in [-0.25, -0.2) is 4.39 Å². The van der Waals surface area contributed by atoms with E-state index in [-0.39, 0.29) is 16.7 Å². The summed E-state index contributed by atoms with van der Waals surface area (Å²) in [5.74, 6) is -0.225. The summed E-state index contributed by atoms with van der Waals surface area (Å²) >= 11 is 5.70. The molecule has 4 heteroatoms. The minimum atomic E-state index is -0.526. The van der Waals surface area contributed by atoms with Crippen molar-refractivity contribution in [3.8, 4) is 5.75 Å². The van der Waals surface area contributed by atoms with E-state index in [2.05, 4.69) is 0 Å². The van der Waals surface area contributed by atoms with E-state index in [1.54, 1.807) is 12.1 Å². The monoisotopic (exact) mass is 217 g/mol. The third kappa shape index (κ3) is 2.16. The van der Waals surface area contributed by atoms with Gasteiger partial charge in [0.05, 0.1) is 12.1 Å². The molecule has 1 unspecified atom stereocenters. The van der Waals surface area contributed by atoms with Gasteiger partial charge in [-0.05, 0) is 30.2 Å². The van der Waals surface area contributed by atoms with Crippen LogP contribution in [0.3, 0.4) is 0 Å². The van der Waals surface area contributed by atoms with Gasteiger partial charge in [0.25, 0.3) is 0 Å². The summed E-state index contributed by atoms with van der Waals surface area (Å²) in [5.41, 5.74) is 6.39. The van der Waals surface area contributed by atoms with Crippen LogP contribution >= 0.6 is 11.6 Å². The lowest BCUT2D eigenvalue weighted by molar-refractivity contribution is 0.385. The Kier molecular flexibility index (Phi) is 3.72. The minimum absolute atomic E-state index is 0.0691. The van der Waals surface area contributed by atoms with Gasteiger partial charge in [0.2, 0.25) is 0 Å². The fourth-order valence-corrected chi connectivity index (χ4v) is 1.37. The van der Waals surface area contributed by atoms with E-state index in [0.29, 0.717) is 6.54 Å². The summed E-state index contributed by atoms with van der Waals surface area (Å²) in [6.07, 6.45) is 0. The van der Waals surface area contributed by atoms with E-state index in [1.807, 2.05) is 6.92 Å². The van der Waals surface area contributed by atoms with Gasteiger partial charge in [-0.1, -0.05) is 18.5 Å². The van der Waals surface area contributed by atoms with Crippen LogP contribution < -0.4 is 10.5 Å². The third-order valence-electron chi connectivity index (χ3n) is 2.16. The summed E-state index contributed by atoms with van der Waals surface area (Å²) in [6, 6.07) is 3.20. The predicted molar refractivity (Wildman–Crippen MR) is 55.4 cm³/mol. The van der Waals surface area contributed by atoms with Gasteiger partial charge < -0.3 is 10.5 Å². The third-order valence-corrected chi connectivity index (χ3v) is 2.43. The zero-order chi connectivity index (χ0) is 10.7. The molecule has 0 amide bonds. The van der Waals surface area contributed by atoms with Crippen LogP contribution in [-0.4, -0.2) is 13.7 Å². The fraction of sp³-hybridized carbons (Fsp3) is 0.400. The van der Waals surface area contributed by atoms with Crippen molar-refractivity contribution in [3.05, 3.63) is 28.5 Å². The number of ether oxygens (including phenoxy) is 1. The fourth-order valence-electron chi connectivity index (χ4n) is 1.15. The maximum atomic E-state index is 13.3. The Labute approximate surface area is 87.8 Å². The maximum absolute atomic E-state index is 13.3. The zero-order valence-corrected chi connectivity index (χ0v) is 8.94. The molecule has 0 bridgehead atoms. The van der Waals surface area contributed by atoms with Crippen LogP contribution in [0.15, 0.2) is 12.1 Å². The van der Waals surface area contributed by atoms with Gasteiger partial charge in [-0.15, -0.1) is 0 Å². The minimum Gasteiger partial charge on any atom is -0.494 e. The molecule has 1 atom stereocenters. The van der Waals surface area contributed by atoms with Crippen molar-refractivity contribution in [3.63, 3.8) is 0 Å². The summed E-state index contributed by atoms with van der Waals surface area (Å²) in [6.45, 7) is 2.44. The molecular formula is C10H13ClFNO. The molecule has 0 fully saturated rings. The smallest absolute Gasteiger partial charge is 0.183 e. The lowest BCUT2D eigenvalue weighted by Crippen LogP contribution is -2.09. The van der Waals surface area contributed by atoms with E-state index in [0.717, 1.165) is 5.56 Å². The second-order valence-electron chi connectivity index (χ2n) is 3.16. The van der Waals surface area contributed by atoms with Crippen LogP contribution in [0, 0.1) is 5.82 Å². The molecule has 14 heavy (non-hydrogen) atoms. The number of rotatable bonds is 3. The molecule has 0 aliphatic carbocycles. The van der Waals surface area contributed by atoms with E-state index < -0.39 is 5.82 Å². The number of halogens is 2. The molecule has 1 aromatic rings. The van der Waals surface area contributed by atoms with Crippen LogP contribution in [0.1, 0.15) is 18.4 Å². The maximum Gasteiger partial charge on any atom is 0.183 e. The molecule has 0 spiro atoms. The molecule has 1 rings (SSSR count). The highest BCUT2D eigenvalue weighted by molar-refractivity contribution is 6.31. The molecular weight excluding hydrogens is 205 g/mol. The average Bonchev–Trinajstić information content (AvgIpc) is 2.20. The van der Waals surface area contributed by atoms with Crippen molar-refractivity contribution < 1.29 is 9.13 Å². The Hall–Kier alpha value is -0.800. The van der Waals surface area contributed by atoms with Crippen molar-refractivity contribution in [2.45, 2.75) is 12.8 Å². The van der Waals surface area contributed by atoms with Gasteiger partial charge in [-0.3, -0.25) is 0 Å². The second-order valence-corrected chi connectivity index (χ2v) is 3.56. The van der Waals surface area contributed by atoms with Crippen molar-refractivity contribution >= 4 is 11.6 Å². The molecule has 0 radical (unpaired) electrons. The number of methoxy groups -OCH3 is 1. The van der Waals surface area contributed by atoms with Crippen LogP contribution in [0.2, 0.25) is 5.02 Å². The molecule has 0 aromatic heterocycles. The van der Waals surface area contributed by atoms with Gasteiger partial charge in [0.1, 0.15) is 0 Å². The van der Waals surface area contributed by atoms with Gasteiger partial charge >= 0.3 is 0 Å². The Morgan fingerprint density at radius 2 is 2.21 bits per heavy atom. The quantitative estimate of drug-likeness (QED) is 0.845. The van der Waals surface area contributed by atoms with Crippen LogP contribution in [-0.2, 0) is 0 Å². The van der Waals surface area contributed by atoms with Crippen LogP contribution in [0.4, 0.5) is 4.39 Å². The Bertz CT molecular complexity index is 330. The first-order chi connectivity index (χ1) is 6.60. The molecule has 78 valence electrons. The first-order valence-electron chi connectivity index (χ1n) is 4.33. The van der Waals surface area contributed by atoms with Crippen LogP contribution in [0.25, 0.3) is 0 Å². The average molecular weight is 218 g/mol. The Balaban J connectivity index is 3.16. The zero-order valence-electron chi connectivity index (χ0n) is 8.18. The molecule has 0 aliphatic heterocycles. The molecule has 2 nitrogen and oxygen atoms in total. The lowest BCUT2D eigenvalue weighted by atomic mass is 10.0. The van der Waals surface area contributed by atoms with E-state index in [1.165, 1.54) is 7.11 Å². The van der Waals surface area contributed by atoms with Crippen LogP contribution in [0.5, 0.6) is 5.75 Å². The number of nitrogens with two attached hydrogens (primary N) is 1. The van der Waals surface area contributed by atoms with E-state index in [4.69, 9.17) is 22.1 Å². The highest BCUT2D eigenvalue weighted by Gasteiger charge is 2.12. The van der Waals surface area contributed by atoms with Crippen molar-refractivity contribution in [1.82, 2.24) is 0 Å². The normalized spacial score (nSPS) is 12.6. The standard InChI is InChI=1S/C10H13ClFNO/c1-6(5-13)7-3-8(11)10(12)9(4-7)14-2/h3-4,6H,5,13H2,1-2H3. The summed E-state index contributed by atoms with van der Waals surface area (Å²) in [4.78, 5) is 0. The lowest BCUT2D eigenvalue weighted by Gasteiger charge is -2.12. The number of hydrogen-bond acceptors (Lipinski definition) is 2. The largest absolute Gasteiger partial charge is 0.494 e. The van der Waals surface area contributed by atoms with Gasteiger partial charge in [0, 0.05) is 0 Å². The molecule has 0 saturated heterocycles. The number of benzene rings is 1. The SMILES string of the molecule is COc1cc(C(C)CN)cc(Cl)c1F. The molecule has 0 aliphatic rings. The highest BCUT2D eigenvalue weighted by Crippen LogP contribution is 2.29. The summed E-state index contributed by atoms with van der Waals surface area (Å²) in [5, 5.41) is 0.0691. The van der Waals surface area contributed by atoms with Crippen molar-refractivity contribution in [1.29, 1.82) is 0 Å².